The third-order valence-corrected chi connectivity index (χ3v) is 2.73. The Kier molecular flexibility index (Phi) is 3.06. The Labute approximate surface area is 104 Å². The van der Waals surface area contributed by atoms with Gasteiger partial charge in [-0.3, -0.25) is 9.59 Å². The minimum absolute atomic E-state index is 0.381. The van der Waals surface area contributed by atoms with E-state index in [4.69, 9.17) is 4.74 Å². The van der Waals surface area contributed by atoms with E-state index in [2.05, 4.69) is 4.98 Å². The van der Waals surface area contributed by atoms with Crippen LogP contribution in [-0.2, 0) is 4.79 Å². The number of H-pyrrole nitrogens is 1. The van der Waals surface area contributed by atoms with E-state index < -0.39 is 11.7 Å². The maximum atomic E-state index is 12.0. The largest absolute Gasteiger partial charge is 0.497 e. The van der Waals surface area contributed by atoms with Gasteiger partial charge in [-0.2, -0.15) is 0 Å². The van der Waals surface area contributed by atoms with Crippen LogP contribution in [0.1, 0.15) is 10.4 Å². The van der Waals surface area contributed by atoms with E-state index >= 15 is 0 Å². The summed E-state index contributed by atoms with van der Waals surface area (Å²) in [6, 6.07) is 5.31. The quantitative estimate of drug-likeness (QED) is 0.658. The second-order valence-electron chi connectivity index (χ2n) is 4.14. The molecule has 1 aromatic heterocycles. The first-order chi connectivity index (χ1) is 8.54. The molecular formula is C13H14N2O3. The minimum atomic E-state index is -0.535. The van der Waals surface area contributed by atoms with Crippen molar-refractivity contribution in [1.29, 1.82) is 0 Å². The van der Waals surface area contributed by atoms with Gasteiger partial charge in [-0.25, -0.2) is 0 Å². The van der Waals surface area contributed by atoms with Crippen LogP contribution in [0, 0.1) is 0 Å². The zero-order valence-corrected chi connectivity index (χ0v) is 10.5. The Balaban J connectivity index is 2.47. The number of fused-ring (bicyclic) bond motifs is 1. The number of methoxy groups -OCH3 is 1. The molecule has 2 aromatic rings. The number of hydrogen-bond acceptors (Lipinski definition) is 3. The monoisotopic (exact) mass is 246 g/mol. The fourth-order valence-electron chi connectivity index (χ4n) is 1.74. The summed E-state index contributed by atoms with van der Waals surface area (Å²) in [7, 11) is 4.68. The number of ketones is 1. The highest BCUT2D eigenvalue weighted by Gasteiger charge is 2.21. The molecule has 5 nitrogen and oxygen atoms in total. The molecule has 0 aliphatic carbocycles. The lowest BCUT2D eigenvalue weighted by Crippen LogP contribution is -2.29. The van der Waals surface area contributed by atoms with Crippen LogP contribution in [0.25, 0.3) is 10.9 Å². The zero-order valence-electron chi connectivity index (χ0n) is 10.5. The number of ether oxygens (including phenoxy) is 1. The van der Waals surface area contributed by atoms with Gasteiger partial charge in [0.1, 0.15) is 5.75 Å². The third-order valence-electron chi connectivity index (χ3n) is 2.73. The Bertz CT molecular complexity index is 614. The molecule has 0 fully saturated rings. The molecule has 5 heteroatoms. The van der Waals surface area contributed by atoms with E-state index in [1.807, 2.05) is 0 Å². The second kappa shape index (κ2) is 4.52. The maximum Gasteiger partial charge on any atom is 0.294 e. The molecule has 1 heterocycles. The SMILES string of the molecule is COc1ccc2c(C(=O)C(=O)N(C)C)c[nH]c2c1. The van der Waals surface area contributed by atoms with E-state index in [0.717, 1.165) is 10.9 Å². The molecule has 94 valence electrons. The molecule has 0 atom stereocenters. The van der Waals surface area contributed by atoms with Crippen LogP contribution in [0.3, 0.4) is 0 Å². The van der Waals surface area contributed by atoms with Crippen molar-refractivity contribution in [2.24, 2.45) is 0 Å². The first-order valence-electron chi connectivity index (χ1n) is 5.45. The topological polar surface area (TPSA) is 62.4 Å². The minimum Gasteiger partial charge on any atom is -0.497 e. The van der Waals surface area contributed by atoms with Crippen molar-refractivity contribution in [2.45, 2.75) is 0 Å². The van der Waals surface area contributed by atoms with Crippen molar-refractivity contribution >= 4 is 22.6 Å². The summed E-state index contributed by atoms with van der Waals surface area (Å²) in [4.78, 5) is 27.9. The average Bonchev–Trinajstić information content (AvgIpc) is 2.79. The fraction of sp³-hybridized carbons (Fsp3) is 0.231. The highest BCUT2D eigenvalue weighted by molar-refractivity contribution is 6.44. The van der Waals surface area contributed by atoms with Crippen LogP contribution >= 0.6 is 0 Å². The Morgan fingerprint density at radius 3 is 2.61 bits per heavy atom. The first-order valence-corrected chi connectivity index (χ1v) is 5.45. The Morgan fingerprint density at radius 1 is 1.28 bits per heavy atom. The first kappa shape index (κ1) is 12.2. The lowest BCUT2D eigenvalue weighted by atomic mass is 10.1. The van der Waals surface area contributed by atoms with E-state index in [9.17, 15) is 9.59 Å². The van der Waals surface area contributed by atoms with Gasteiger partial charge in [0.15, 0.2) is 0 Å². The lowest BCUT2D eigenvalue weighted by molar-refractivity contribution is -0.124. The molecule has 0 spiro atoms. The van der Waals surface area contributed by atoms with Crippen LogP contribution < -0.4 is 4.74 Å². The van der Waals surface area contributed by atoms with Crippen molar-refractivity contribution in [3.63, 3.8) is 0 Å². The van der Waals surface area contributed by atoms with E-state index in [0.29, 0.717) is 11.3 Å². The molecule has 1 aromatic carbocycles. The summed E-state index contributed by atoms with van der Waals surface area (Å²) < 4.78 is 5.10. The number of likely N-dealkylation sites (N-methyl/N-ethyl adjacent to an activating group) is 1. The smallest absolute Gasteiger partial charge is 0.294 e. The Hall–Kier alpha value is -2.30. The van der Waals surface area contributed by atoms with Crippen LogP contribution in [0.15, 0.2) is 24.4 Å². The van der Waals surface area contributed by atoms with Crippen molar-refractivity contribution in [1.82, 2.24) is 9.88 Å². The summed E-state index contributed by atoms with van der Waals surface area (Å²) in [5, 5.41) is 0.719. The Morgan fingerprint density at radius 2 is 2.00 bits per heavy atom. The van der Waals surface area contributed by atoms with Crippen LogP contribution in [-0.4, -0.2) is 42.8 Å². The molecular weight excluding hydrogens is 232 g/mol. The van der Waals surface area contributed by atoms with E-state index in [1.165, 1.54) is 4.90 Å². The van der Waals surface area contributed by atoms with Gasteiger partial charge in [0.2, 0.25) is 0 Å². The molecule has 0 saturated heterocycles. The number of amides is 1. The van der Waals surface area contributed by atoms with Crippen LogP contribution in [0.4, 0.5) is 0 Å². The second-order valence-corrected chi connectivity index (χ2v) is 4.14. The number of aromatic amines is 1. The number of benzene rings is 1. The summed E-state index contributed by atoms with van der Waals surface area (Å²) in [6.07, 6.45) is 1.55. The lowest BCUT2D eigenvalue weighted by Gasteiger charge is -2.08. The molecule has 2 rings (SSSR count). The summed E-state index contributed by atoms with van der Waals surface area (Å²) in [5.74, 6) is -0.356. The molecule has 0 aliphatic heterocycles. The molecule has 0 unspecified atom stereocenters. The molecule has 1 N–H and O–H groups in total. The fourth-order valence-corrected chi connectivity index (χ4v) is 1.74. The number of nitrogens with one attached hydrogen (secondary N) is 1. The molecule has 0 saturated carbocycles. The number of Topliss-reactive ketones (excluding diaryl/α,β-unsaturated/α-hetero) is 1. The normalized spacial score (nSPS) is 10.4. The van der Waals surface area contributed by atoms with Gasteiger partial charge in [0, 0.05) is 37.3 Å². The molecule has 0 radical (unpaired) electrons. The number of carbonyl (C=O) groups is 2. The highest BCUT2D eigenvalue weighted by Crippen LogP contribution is 2.23. The highest BCUT2D eigenvalue weighted by atomic mass is 16.5. The van der Waals surface area contributed by atoms with E-state index in [1.54, 1.807) is 45.6 Å². The summed E-state index contributed by atoms with van der Waals surface area (Å²) in [5.41, 5.74) is 1.15. The molecule has 1 amide bonds. The molecule has 0 bridgehead atoms. The molecule has 18 heavy (non-hydrogen) atoms. The number of aromatic nitrogens is 1. The number of carbonyl (C=O) groups excluding carboxylic acids is 2. The van der Waals surface area contributed by atoms with Crippen molar-refractivity contribution < 1.29 is 14.3 Å². The van der Waals surface area contributed by atoms with Gasteiger partial charge in [-0.1, -0.05) is 0 Å². The molecule has 0 aliphatic rings. The van der Waals surface area contributed by atoms with Crippen molar-refractivity contribution in [2.75, 3.05) is 21.2 Å². The van der Waals surface area contributed by atoms with E-state index in [-0.39, 0.29) is 0 Å². The van der Waals surface area contributed by atoms with Crippen LogP contribution in [0.2, 0.25) is 0 Å². The number of nitrogens with zero attached hydrogens (tertiary/aromatic N) is 1. The third kappa shape index (κ3) is 1.95. The van der Waals surface area contributed by atoms with Crippen molar-refractivity contribution in [3.8, 4) is 5.75 Å². The summed E-state index contributed by atoms with van der Waals surface area (Å²) >= 11 is 0. The van der Waals surface area contributed by atoms with Gasteiger partial charge in [-0.15, -0.1) is 0 Å². The number of hydrogen-bond donors (Lipinski definition) is 1. The maximum absolute atomic E-state index is 12.0. The average molecular weight is 246 g/mol. The van der Waals surface area contributed by atoms with Gasteiger partial charge in [0.05, 0.1) is 12.7 Å². The zero-order chi connectivity index (χ0) is 13.3. The predicted octanol–water partition coefficient (Wildman–Crippen LogP) is 1.45. The predicted molar refractivity (Wildman–Crippen MR) is 67.9 cm³/mol. The van der Waals surface area contributed by atoms with Gasteiger partial charge in [0.25, 0.3) is 11.7 Å². The van der Waals surface area contributed by atoms with Crippen molar-refractivity contribution in [3.05, 3.63) is 30.0 Å². The van der Waals surface area contributed by atoms with Gasteiger partial charge >= 0.3 is 0 Å². The van der Waals surface area contributed by atoms with Gasteiger partial charge in [-0.05, 0) is 12.1 Å². The number of rotatable bonds is 3. The van der Waals surface area contributed by atoms with Crippen LogP contribution in [0.5, 0.6) is 5.75 Å². The van der Waals surface area contributed by atoms with Gasteiger partial charge < -0.3 is 14.6 Å². The standard InChI is InChI=1S/C13H14N2O3/c1-15(2)13(17)12(16)10-7-14-11-6-8(18-3)4-5-9(10)11/h4-7,14H,1-3H3. The summed E-state index contributed by atoms with van der Waals surface area (Å²) in [6.45, 7) is 0.